The molecular weight excluding hydrogens is 184 g/mol. The molecule has 76 valence electrons. The molecule has 5 nitrogen and oxygen atoms in total. The van der Waals surface area contributed by atoms with E-state index in [0.717, 1.165) is 5.56 Å². The Balaban J connectivity index is 2.15. The SMILES string of the molecule is O=C(O)CC(=O)NCCc1cc[nH]c1. The van der Waals surface area contributed by atoms with Gasteiger partial charge in [0, 0.05) is 18.9 Å². The Kier molecular flexibility index (Phi) is 3.72. The molecule has 0 radical (unpaired) electrons. The molecule has 0 aliphatic carbocycles. The van der Waals surface area contributed by atoms with Gasteiger partial charge >= 0.3 is 5.97 Å². The zero-order chi connectivity index (χ0) is 10.4. The van der Waals surface area contributed by atoms with E-state index in [1.165, 1.54) is 0 Å². The Morgan fingerprint density at radius 2 is 2.29 bits per heavy atom. The van der Waals surface area contributed by atoms with Crippen molar-refractivity contribution in [3.05, 3.63) is 24.0 Å². The smallest absolute Gasteiger partial charge is 0.312 e. The summed E-state index contributed by atoms with van der Waals surface area (Å²) in [5.74, 6) is -1.56. The highest BCUT2D eigenvalue weighted by molar-refractivity contribution is 5.93. The van der Waals surface area contributed by atoms with E-state index in [0.29, 0.717) is 13.0 Å². The van der Waals surface area contributed by atoms with Crippen LogP contribution in [0.2, 0.25) is 0 Å². The first-order valence-electron chi connectivity index (χ1n) is 4.28. The maximum atomic E-state index is 10.9. The fraction of sp³-hybridized carbons (Fsp3) is 0.333. The van der Waals surface area contributed by atoms with Crippen LogP contribution in [0.4, 0.5) is 0 Å². The molecule has 14 heavy (non-hydrogen) atoms. The molecule has 5 heteroatoms. The molecule has 0 aliphatic heterocycles. The van der Waals surface area contributed by atoms with Crippen LogP contribution >= 0.6 is 0 Å². The van der Waals surface area contributed by atoms with Gasteiger partial charge in [0.05, 0.1) is 0 Å². The van der Waals surface area contributed by atoms with E-state index in [9.17, 15) is 9.59 Å². The molecule has 1 aromatic rings. The van der Waals surface area contributed by atoms with Crippen LogP contribution in [0.25, 0.3) is 0 Å². The molecular formula is C9H12N2O3. The molecule has 0 saturated carbocycles. The van der Waals surface area contributed by atoms with Gasteiger partial charge in [-0.1, -0.05) is 0 Å². The monoisotopic (exact) mass is 196 g/mol. The molecule has 0 aliphatic rings. The number of hydrogen-bond acceptors (Lipinski definition) is 2. The summed E-state index contributed by atoms with van der Waals surface area (Å²) in [6, 6.07) is 1.91. The molecule has 0 saturated heterocycles. The summed E-state index contributed by atoms with van der Waals surface area (Å²) in [5, 5.41) is 10.8. The summed E-state index contributed by atoms with van der Waals surface area (Å²) in [7, 11) is 0. The highest BCUT2D eigenvalue weighted by atomic mass is 16.4. The number of aromatic amines is 1. The zero-order valence-corrected chi connectivity index (χ0v) is 7.62. The summed E-state index contributed by atoms with van der Waals surface area (Å²) in [4.78, 5) is 23.9. The van der Waals surface area contributed by atoms with Crippen LogP contribution < -0.4 is 5.32 Å². The first-order valence-corrected chi connectivity index (χ1v) is 4.28. The molecule has 0 unspecified atom stereocenters. The van der Waals surface area contributed by atoms with Crippen molar-refractivity contribution < 1.29 is 14.7 Å². The lowest BCUT2D eigenvalue weighted by Crippen LogP contribution is -2.27. The van der Waals surface area contributed by atoms with E-state index < -0.39 is 18.3 Å². The number of hydrogen-bond donors (Lipinski definition) is 3. The highest BCUT2D eigenvalue weighted by Gasteiger charge is 2.05. The summed E-state index contributed by atoms with van der Waals surface area (Å²) in [6.07, 6.45) is 3.87. The van der Waals surface area contributed by atoms with Crippen molar-refractivity contribution in [2.24, 2.45) is 0 Å². The Bertz CT molecular complexity index is 306. The quantitative estimate of drug-likeness (QED) is 0.586. The number of carbonyl (C=O) groups excluding carboxylic acids is 1. The number of aromatic nitrogens is 1. The van der Waals surface area contributed by atoms with Gasteiger partial charge in [0.1, 0.15) is 6.42 Å². The number of nitrogens with one attached hydrogen (secondary N) is 2. The van der Waals surface area contributed by atoms with Crippen molar-refractivity contribution in [3.8, 4) is 0 Å². The number of H-pyrrole nitrogens is 1. The summed E-state index contributed by atoms with van der Waals surface area (Å²) in [6.45, 7) is 0.462. The van der Waals surface area contributed by atoms with Gasteiger partial charge in [0.2, 0.25) is 5.91 Å². The largest absolute Gasteiger partial charge is 0.481 e. The van der Waals surface area contributed by atoms with E-state index in [-0.39, 0.29) is 0 Å². The number of carboxylic acids is 1. The molecule has 0 bridgehead atoms. The lowest BCUT2D eigenvalue weighted by molar-refractivity contribution is -0.140. The van der Waals surface area contributed by atoms with E-state index in [1.54, 1.807) is 6.20 Å². The number of carbonyl (C=O) groups is 2. The number of aliphatic carboxylic acids is 1. The molecule has 1 amide bonds. The normalized spacial score (nSPS) is 9.71. The van der Waals surface area contributed by atoms with Crippen molar-refractivity contribution in [2.75, 3.05) is 6.54 Å². The molecule has 3 N–H and O–H groups in total. The predicted molar refractivity (Wildman–Crippen MR) is 49.8 cm³/mol. The summed E-state index contributed by atoms with van der Waals surface area (Å²) in [5.41, 5.74) is 1.08. The second-order valence-electron chi connectivity index (χ2n) is 2.89. The molecule has 0 aromatic carbocycles. The number of amides is 1. The Hall–Kier alpha value is -1.78. The molecule has 0 spiro atoms. The first kappa shape index (κ1) is 10.3. The molecule has 0 fully saturated rings. The van der Waals surface area contributed by atoms with Gasteiger partial charge in [-0.3, -0.25) is 9.59 Å². The fourth-order valence-electron chi connectivity index (χ4n) is 1.06. The van der Waals surface area contributed by atoms with Gasteiger partial charge in [-0.05, 0) is 18.1 Å². The van der Waals surface area contributed by atoms with Gasteiger partial charge in [-0.15, -0.1) is 0 Å². The van der Waals surface area contributed by atoms with Crippen molar-refractivity contribution in [1.82, 2.24) is 10.3 Å². The third-order valence-corrected chi connectivity index (χ3v) is 1.71. The van der Waals surface area contributed by atoms with Crippen LogP contribution in [-0.2, 0) is 16.0 Å². The zero-order valence-electron chi connectivity index (χ0n) is 7.62. The van der Waals surface area contributed by atoms with Gasteiger partial charge in [0.15, 0.2) is 0 Å². The van der Waals surface area contributed by atoms with Crippen LogP contribution in [0.5, 0.6) is 0 Å². The van der Waals surface area contributed by atoms with E-state index in [1.807, 2.05) is 12.3 Å². The Morgan fingerprint density at radius 1 is 1.50 bits per heavy atom. The van der Waals surface area contributed by atoms with Crippen LogP contribution in [0.15, 0.2) is 18.5 Å². The van der Waals surface area contributed by atoms with Crippen LogP contribution in [0.3, 0.4) is 0 Å². The molecule has 0 atom stereocenters. The average molecular weight is 196 g/mol. The Labute approximate surface area is 81.1 Å². The minimum atomic E-state index is -1.11. The predicted octanol–water partition coefficient (Wildman–Crippen LogP) is 0.148. The lowest BCUT2D eigenvalue weighted by atomic mass is 10.2. The minimum Gasteiger partial charge on any atom is -0.481 e. The van der Waals surface area contributed by atoms with Crippen LogP contribution in [-0.4, -0.2) is 28.5 Å². The topological polar surface area (TPSA) is 82.2 Å². The van der Waals surface area contributed by atoms with Crippen molar-refractivity contribution in [1.29, 1.82) is 0 Å². The molecule has 1 heterocycles. The van der Waals surface area contributed by atoms with Crippen molar-refractivity contribution >= 4 is 11.9 Å². The van der Waals surface area contributed by atoms with E-state index >= 15 is 0 Å². The minimum absolute atomic E-state index is 0.451. The summed E-state index contributed by atoms with van der Waals surface area (Å²) >= 11 is 0. The standard InChI is InChI=1S/C9H12N2O3/c12-8(5-9(13)14)11-4-2-7-1-3-10-6-7/h1,3,6,10H,2,4-5H2,(H,11,12)(H,13,14). The van der Waals surface area contributed by atoms with Crippen molar-refractivity contribution in [3.63, 3.8) is 0 Å². The number of carboxylic acid groups (broad SMARTS) is 1. The third-order valence-electron chi connectivity index (χ3n) is 1.71. The second-order valence-corrected chi connectivity index (χ2v) is 2.89. The van der Waals surface area contributed by atoms with Gasteiger partial charge in [-0.25, -0.2) is 0 Å². The maximum Gasteiger partial charge on any atom is 0.312 e. The van der Waals surface area contributed by atoms with Gasteiger partial charge in [-0.2, -0.15) is 0 Å². The highest BCUT2D eigenvalue weighted by Crippen LogP contribution is 1.95. The van der Waals surface area contributed by atoms with Gasteiger partial charge < -0.3 is 15.4 Å². The van der Waals surface area contributed by atoms with Crippen molar-refractivity contribution in [2.45, 2.75) is 12.8 Å². The second kappa shape index (κ2) is 5.06. The van der Waals surface area contributed by atoms with Gasteiger partial charge in [0.25, 0.3) is 0 Å². The lowest BCUT2D eigenvalue weighted by Gasteiger charge is -2.01. The molecule has 1 aromatic heterocycles. The van der Waals surface area contributed by atoms with E-state index in [4.69, 9.17) is 5.11 Å². The number of rotatable bonds is 5. The summed E-state index contributed by atoms with van der Waals surface area (Å²) < 4.78 is 0. The fourth-order valence-corrected chi connectivity index (χ4v) is 1.06. The average Bonchev–Trinajstić information content (AvgIpc) is 2.55. The maximum absolute atomic E-state index is 10.9. The van der Waals surface area contributed by atoms with Crippen LogP contribution in [0.1, 0.15) is 12.0 Å². The third kappa shape index (κ3) is 3.75. The molecule has 1 rings (SSSR count). The Morgan fingerprint density at radius 3 is 2.86 bits per heavy atom. The van der Waals surface area contributed by atoms with Crippen LogP contribution in [0, 0.1) is 0 Å². The first-order chi connectivity index (χ1) is 6.68. The van der Waals surface area contributed by atoms with E-state index in [2.05, 4.69) is 10.3 Å².